The molecule has 0 bridgehead atoms. The molecule has 1 heterocycles. The SMILES string of the molecule is CC(C)c1c(Cl)[nH]c(=O)n(Cc2cccc(Cl)c2)c1=O. The summed E-state index contributed by atoms with van der Waals surface area (Å²) in [7, 11) is 0. The summed E-state index contributed by atoms with van der Waals surface area (Å²) in [5.41, 5.74) is 0.300. The Labute approximate surface area is 126 Å². The van der Waals surface area contributed by atoms with E-state index in [1.54, 1.807) is 24.3 Å². The van der Waals surface area contributed by atoms with E-state index in [4.69, 9.17) is 23.2 Å². The van der Waals surface area contributed by atoms with E-state index in [0.29, 0.717) is 10.6 Å². The third kappa shape index (κ3) is 2.97. The zero-order valence-corrected chi connectivity index (χ0v) is 12.6. The first kappa shape index (κ1) is 14.9. The van der Waals surface area contributed by atoms with Gasteiger partial charge in [-0.3, -0.25) is 14.3 Å². The van der Waals surface area contributed by atoms with Gasteiger partial charge in [0.15, 0.2) is 0 Å². The van der Waals surface area contributed by atoms with E-state index in [1.165, 1.54) is 0 Å². The van der Waals surface area contributed by atoms with Crippen molar-refractivity contribution < 1.29 is 0 Å². The van der Waals surface area contributed by atoms with Crippen LogP contribution in [0.15, 0.2) is 33.9 Å². The first-order valence-electron chi connectivity index (χ1n) is 6.17. The molecule has 1 aromatic carbocycles. The van der Waals surface area contributed by atoms with Crippen molar-refractivity contribution in [3.05, 3.63) is 66.4 Å². The molecule has 0 saturated heterocycles. The molecule has 20 heavy (non-hydrogen) atoms. The van der Waals surface area contributed by atoms with Crippen molar-refractivity contribution in [2.45, 2.75) is 26.3 Å². The van der Waals surface area contributed by atoms with Crippen molar-refractivity contribution in [2.75, 3.05) is 0 Å². The monoisotopic (exact) mass is 312 g/mol. The van der Waals surface area contributed by atoms with Gasteiger partial charge in [0.05, 0.1) is 12.1 Å². The number of hydrogen-bond acceptors (Lipinski definition) is 2. The summed E-state index contributed by atoms with van der Waals surface area (Å²) in [6.07, 6.45) is 0. The van der Waals surface area contributed by atoms with Gasteiger partial charge in [0, 0.05) is 5.02 Å². The van der Waals surface area contributed by atoms with Crippen LogP contribution in [0.5, 0.6) is 0 Å². The quantitative estimate of drug-likeness (QED) is 0.886. The number of aromatic nitrogens is 2. The van der Waals surface area contributed by atoms with Crippen LogP contribution in [0.25, 0.3) is 0 Å². The van der Waals surface area contributed by atoms with Crippen molar-refractivity contribution >= 4 is 23.2 Å². The fourth-order valence-corrected chi connectivity index (χ4v) is 2.61. The molecule has 4 nitrogen and oxygen atoms in total. The molecule has 0 aliphatic heterocycles. The van der Waals surface area contributed by atoms with Crippen molar-refractivity contribution in [2.24, 2.45) is 0 Å². The highest BCUT2D eigenvalue weighted by molar-refractivity contribution is 6.30. The minimum Gasteiger partial charge on any atom is -0.297 e. The highest BCUT2D eigenvalue weighted by Crippen LogP contribution is 2.17. The lowest BCUT2D eigenvalue weighted by Gasteiger charge is -2.11. The van der Waals surface area contributed by atoms with Gasteiger partial charge in [-0.1, -0.05) is 49.2 Å². The van der Waals surface area contributed by atoms with Crippen LogP contribution in [0, 0.1) is 0 Å². The van der Waals surface area contributed by atoms with E-state index in [-0.39, 0.29) is 23.2 Å². The summed E-state index contributed by atoms with van der Waals surface area (Å²) in [4.78, 5) is 26.8. The summed E-state index contributed by atoms with van der Waals surface area (Å²) < 4.78 is 1.13. The van der Waals surface area contributed by atoms with E-state index in [9.17, 15) is 9.59 Å². The number of benzene rings is 1. The minimum atomic E-state index is -0.524. The molecule has 0 atom stereocenters. The molecule has 0 saturated carbocycles. The Bertz CT molecular complexity index is 748. The van der Waals surface area contributed by atoms with Crippen LogP contribution < -0.4 is 11.2 Å². The van der Waals surface area contributed by atoms with Gasteiger partial charge in [-0.25, -0.2) is 4.79 Å². The maximum absolute atomic E-state index is 12.4. The molecule has 0 unspecified atom stereocenters. The predicted octanol–water partition coefficient (Wildman–Crippen LogP) is 3.02. The van der Waals surface area contributed by atoms with Crippen LogP contribution in [0.4, 0.5) is 0 Å². The zero-order chi connectivity index (χ0) is 14.9. The minimum absolute atomic E-state index is 0.0718. The molecular formula is C14H14Cl2N2O2. The van der Waals surface area contributed by atoms with E-state index in [1.807, 2.05) is 13.8 Å². The van der Waals surface area contributed by atoms with E-state index >= 15 is 0 Å². The molecule has 2 rings (SSSR count). The summed E-state index contributed by atoms with van der Waals surface area (Å²) in [6.45, 7) is 3.86. The van der Waals surface area contributed by atoms with Gasteiger partial charge in [0.25, 0.3) is 5.56 Å². The maximum atomic E-state index is 12.4. The maximum Gasteiger partial charge on any atom is 0.329 e. The molecule has 6 heteroatoms. The topological polar surface area (TPSA) is 54.9 Å². The Hall–Kier alpha value is -1.52. The van der Waals surface area contributed by atoms with Crippen LogP contribution in [-0.4, -0.2) is 9.55 Å². The van der Waals surface area contributed by atoms with Crippen LogP contribution in [-0.2, 0) is 6.54 Å². The standard InChI is InChI=1S/C14H14Cl2N2O2/c1-8(2)11-12(16)17-14(20)18(13(11)19)7-9-4-3-5-10(15)6-9/h3-6,8H,7H2,1-2H3,(H,17,20). The summed E-state index contributed by atoms with van der Waals surface area (Å²) in [6, 6.07) is 7.04. The van der Waals surface area contributed by atoms with Gasteiger partial charge >= 0.3 is 5.69 Å². The van der Waals surface area contributed by atoms with Crippen molar-refractivity contribution in [3.8, 4) is 0 Å². The largest absolute Gasteiger partial charge is 0.329 e. The number of halogens is 2. The fourth-order valence-electron chi connectivity index (χ4n) is 2.02. The normalized spacial score (nSPS) is 11.1. The van der Waals surface area contributed by atoms with Crippen LogP contribution in [0.2, 0.25) is 10.2 Å². The smallest absolute Gasteiger partial charge is 0.297 e. The second kappa shape index (κ2) is 5.85. The lowest BCUT2D eigenvalue weighted by atomic mass is 10.1. The van der Waals surface area contributed by atoms with Gasteiger partial charge in [0.2, 0.25) is 0 Å². The Morgan fingerprint density at radius 3 is 2.55 bits per heavy atom. The van der Waals surface area contributed by atoms with Crippen LogP contribution in [0.3, 0.4) is 0 Å². The van der Waals surface area contributed by atoms with Crippen molar-refractivity contribution in [1.82, 2.24) is 9.55 Å². The highest BCUT2D eigenvalue weighted by Gasteiger charge is 2.15. The van der Waals surface area contributed by atoms with Gasteiger partial charge in [-0.2, -0.15) is 0 Å². The number of nitrogens with one attached hydrogen (secondary N) is 1. The first-order valence-corrected chi connectivity index (χ1v) is 6.92. The molecule has 2 aromatic rings. The predicted molar refractivity (Wildman–Crippen MR) is 81.0 cm³/mol. The summed E-state index contributed by atoms with van der Waals surface area (Å²) in [5, 5.41) is 0.669. The Kier molecular flexibility index (Phi) is 4.35. The molecule has 0 amide bonds. The number of hydrogen-bond donors (Lipinski definition) is 1. The first-order chi connectivity index (χ1) is 9.40. The number of H-pyrrole nitrogens is 1. The van der Waals surface area contributed by atoms with Crippen LogP contribution in [0.1, 0.15) is 30.9 Å². The van der Waals surface area contributed by atoms with E-state index in [2.05, 4.69) is 4.98 Å². The second-order valence-corrected chi connectivity index (χ2v) is 5.65. The Morgan fingerprint density at radius 2 is 1.95 bits per heavy atom. The fraction of sp³-hybridized carbons (Fsp3) is 0.286. The molecule has 0 aliphatic carbocycles. The average molecular weight is 313 g/mol. The second-order valence-electron chi connectivity index (χ2n) is 4.83. The summed E-state index contributed by atoms with van der Waals surface area (Å²) >= 11 is 11.8. The molecule has 0 aliphatic rings. The van der Waals surface area contributed by atoms with Crippen molar-refractivity contribution in [3.63, 3.8) is 0 Å². The molecule has 0 fully saturated rings. The van der Waals surface area contributed by atoms with Gasteiger partial charge in [0.1, 0.15) is 5.15 Å². The number of nitrogens with zero attached hydrogens (tertiary/aromatic N) is 1. The Balaban J connectivity index is 2.55. The lowest BCUT2D eigenvalue weighted by Crippen LogP contribution is -2.38. The molecule has 0 radical (unpaired) electrons. The number of aromatic amines is 1. The van der Waals surface area contributed by atoms with Crippen LogP contribution >= 0.6 is 23.2 Å². The number of rotatable bonds is 3. The molecule has 1 N–H and O–H groups in total. The molecule has 0 spiro atoms. The van der Waals surface area contributed by atoms with E-state index in [0.717, 1.165) is 10.1 Å². The van der Waals surface area contributed by atoms with Gasteiger partial charge < -0.3 is 0 Å². The highest BCUT2D eigenvalue weighted by atomic mass is 35.5. The Morgan fingerprint density at radius 1 is 1.25 bits per heavy atom. The zero-order valence-electron chi connectivity index (χ0n) is 11.1. The summed E-state index contributed by atoms with van der Waals surface area (Å²) in [5.74, 6) is -0.0718. The lowest BCUT2D eigenvalue weighted by molar-refractivity contribution is 0.670. The molecule has 106 valence electrons. The molecule has 1 aromatic heterocycles. The van der Waals surface area contributed by atoms with E-state index < -0.39 is 5.69 Å². The molecular weight excluding hydrogens is 299 g/mol. The van der Waals surface area contributed by atoms with Crippen molar-refractivity contribution in [1.29, 1.82) is 0 Å². The average Bonchev–Trinajstić information content (AvgIpc) is 2.33. The third-order valence-corrected chi connectivity index (χ3v) is 3.51. The third-order valence-electron chi connectivity index (χ3n) is 2.98. The van der Waals surface area contributed by atoms with Gasteiger partial charge in [-0.05, 0) is 23.6 Å². The van der Waals surface area contributed by atoms with Gasteiger partial charge in [-0.15, -0.1) is 0 Å².